The predicted octanol–water partition coefficient (Wildman–Crippen LogP) is 3.22. The fraction of sp³-hybridized carbons (Fsp3) is 0.174. The molecule has 0 radical (unpaired) electrons. The Bertz CT molecular complexity index is 1090. The van der Waals surface area contributed by atoms with E-state index >= 15 is 0 Å². The highest BCUT2D eigenvalue weighted by atomic mass is 19.1. The van der Waals surface area contributed by atoms with Crippen molar-refractivity contribution in [2.45, 2.75) is 25.8 Å². The van der Waals surface area contributed by atoms with Crippen LogP contribution in [-0.2, 0) is 25.8 Å². The first kappa shape index (κ1) is 19.7. The topological polar surface area (TPSA) is 89.7 Å². The van der Waals surface area contributed by atoms with Crippen LogP contribution in [-0.4, -0.2) is 22.8 Å². The first-order valence-corrected chi connectivity index (χ1v) is 9.53. The van der Waals surface area contributed by atoms with Gasteiger partial charge in [-0.25, -0.2) is 9.18 Å². The van der Waals surface area contributed by atoms with Crippen molar-refractivity contribution < 1.29 is 23.6 Å². The quantitative estimate of drug-likeness (QED) is 0.770. The molecule has 0 bridgehead atoms. The number of carbonyl (C=O) groups is 3. The third-order valence-corrected chi connectivity index (χ3v) is 5.04. The molecule has 1 saturated heterocycles. The van der Waals surface area contributed by atoms with Gasteiger partial charge in [0.2, 0.25) is 0 Å². The Morgan fingerprint density at radius 1 is 1.07 bits per heavy atom. The van der Waals surface area contributed by atoms with E-state index < -0.39 is 23.6 Å². The van der Waals surface area contributed by atoms with Gasteiger partial charge in [-0.05, 0) is 57.7 Å². The van der Waals surface area contributed by atoms with E-state index in [4.69, 9.17) is 10.6 Å². The lowest BCUT2D eigenvalue weighted by molar-refractivity contribution is -0.196. The second-order valence-electron chi connectivity index (χ2n) is 7.13. The Morgan fingerprint density at radius 2 is 1.77 bits per heavy atom. The van der Waals surface area contributed by atoms with Crippen LogP contribution in [0.3, 0.4) is 0 Å². The van der Waals surface area contributed by atoms with Gasteiger partial charge in [0, 0.05) is 19.4 Å². The monoisotopic (exact) mass is 406 g/mol. The molecule has 2 aromatic rings. The molecule has 0 saturated carbocycles. The Kier molecular flexibility index (Phi) is 5.29. The number of nitrogens with two attached hydrogens (primary N) is 1. The first-order valence-electron chi connectivity index (χ1n) is 9.53. The fourth-order valence-electron chi connectivity index (χ4n) is 3.52. The van der Waals surface area contributed by atoms with E-state index in [-0.39, 0.29) is 19.3 Å². The minimum absolute atomic E-state index is 0.0265. The van der Waals surface area contributed by atoms with Crippen molar-refractivity contribution in [1.29, 1.82) is 0 Å². The molecular weight excluding hydrogens is 387 g/mol. The summed E-state index contributed by atoms with van der Waals surface area (Å²) in [4.78, 5) is 40.6. The van der Waals surface area contributed by atoms with Gasteiger partial charge in [-0.3, -0.25) is 9.59 Å². The normalized spacial score (nSPS) is 16.8. The summed E-state index contributed by atoms with van der Waals surface area (Å²) in [5.74, 6) is -2.26. The van der Waals surface area contributed by atoms with Crippen molar-refractivity contribution in [3.05, 3.63) is 76.6 Å². The van der Waals surface area contributed by atoms with E-state index in [0.29, 0.717) is 22.7 Å². The summed E-state index contributed by atoms with van der Waals surface area (Å²) in [5.41, 5.74) is 10.3. The van der Waals surface area contributed by atoms with Crippen LogP contribution in [0, 0.1) is 5.82 Å². The molecule has 1 aliphatic carbocycles. The lowest BCUT2D eigenvalue weighted by Gasteiger charge is -2.13. The minimum Gasteiger partial charge on any atom is -0.330 e. The van der Waals surface area contributed by atoms with Crippen LogP contribution in [0.4, 0.5) is 4.39 Å². The van der Waals surface area contributed by atoms with Crippen molar-refractivity contribution in [1.82, 2.24) is 5.06 Å². The van der Waals surface area contributed by atoms with E-state index in [1.807, 2.05) is 30.3 Å². The number of carbonyl (C=O) groups excluding carboxylic acids is 3. The van der Waals surface area contributed by atoms with E-state index in [1.165, 1.54) is 12.1 Å². The summed E-state index contributed by atoms with van der Waals surface area (Å²) < 4.78 is 13.9. The lowest BCUT2D eigenvalue weighted by Crippen LogP contribution is -2.32. The van der Waals surface area contributed by atoms with Crippen molar-refractivity contribution in [2.75, 3.05) is 0 Å². The van der Waals surface area contributed by atoms with E-state index in [0.717, 1.165) is 22.3 Å². The largest absolute Gasteiger partial charge is 0.337 e. The summed E-state index contributed by atoms with van der Waals surface area (Å²) >= 11 is 0. The van der Waals surface area contributed by atoms with Gasteiger partial charge in [0.1, 0.15) is 5.82 Å². The molecule has 152 valence electrons. The predicted molar refractivity (Wildman–Crippen MR) is 108 cm³/mol. The number of nitrogens with zero attached hydrogens (tertiary/aromatic N) is 1. The summed E-state index contributed by atoms with van der Waals surface area (Å²) in [6, 6.07) is 12.1. The van der Waals surface area contributed by atoms with Crippen molar-refractivity contribution in [2.24, 2.45) is 5.73 Å². The second-order valence-corrected chi connectivity index (χ2v) is 7.13. The molecule has 7 heteroatoms. The molecule has 2 aromatic carbocycles. The molecule has 2 aliphatic rings. The van der Waals surface area contributed by atoms with Gasteiger partial charge < -0.3 is 10.6 Å². The van der Waals surface area contributed by atoms with Crippen LogP contribution in [0.1, 0.15) is 41.5 Å². The summed E-state index contributed by atoms with van der Waals surface area (Å²) in [7, 11) is 0. The highest BCUT2D eigenvalue weighted by Crippen LogP contribution is 2.38. The molecule has 0 aromatic heterocycles. The van der Waals surface area contributed by atoms with Crippen LogP contribution in [0.15, 0.2) is 48.5 Å². The van der Waals surface area contributed by atoms with E-state index in [2.05, 4.69) is 0 Å². The number of fused-ring (bicyclic) bond motifs is 1. The third kappa shape index (κ3) is 3.92. The molecule has 1 aliphatic heterocycles. The standard InChI is InChI=1S/C23H19FN2O4/c24-18-5-6-19-16(9-14-1-3-15(13-25)4-2-14)10-17(20(19)12-18)11-23(29)30-26-21(27)7-8-22(26)28/h1-6,9-10,12H,7-8,11,13,25H2/b16-9+. The van der Waals surface area contributed by atoms with Crippen LogP contribution in [0.2, 0.25) is 0 Å². The Morgan fingerprint density at radius 3 is 2.43 bits per heavy atom. The lowest BCUT2D eigenvalue weighted by atomic mass is 10.0. The van der Waals surface area contributed by atoms with Gasteiger partial charge >= 0.3 is 5.97 Å². The number of rotatable bonds is 5. The van der Waals surface area contributed by atoms with Crippen LogP contribution >= 0.6 is 0 Å². The summed E-state index contributed by atoms with van der Waals surface area (Å²) in [5, 5.41) is 0.514. The molecule has 1 heterocycles. The van der Waals surface area contributed by atoms with Crippen LogP contribution in [0.25, 0.3) is 17.2 Å². The zero-order valence-electron chi connectivity index (χ0n) is 16.1. The van der Waals surface area contributed by atoms with Gasteiger partial charge in [0.05, 0.1) is 6.42 Å². The molecule has 0 atom stereocenters. The van der Waals surface area contributed by atoms with Gasteiger partial charge in [-0.2, -0.15) is 0 Å². The molecular formula is C23H19FN2O4. The smallest absolute Gasteiger partial charge is 0.330 e. The molecule has 2 N–H and O–H groups in total. The number of allylic oxidation sites excluding steroid dienone is 2. The molecule has 30 heavy (non-hydrogen) atoms. The number of benzene rings is 2. The van der Waals surface area contributed by atoms with Gasteiger partial charge in [0.25, 0.3) is 11.8 Å². The van der Waals surface area contributed by atoms with Gasteiger partial charge in [-0.1, -0.05) is 30.3 Å². The maximum absolute atomic E-state index is 13.9. The highest BCUT2D eigenvalue weighted by Gasteiger charge is 2.33. The minimum atomic E-state index is -0.756. The van der Waals surface area contributed by atoms with E-state index in [9.17, 15) is 18.8 Å². The Hall–Kier alpha value is -3.58. The number of hydroxylamine groups is 2. The summed E-state index contributed by atoms with van der Waals surface area (Å²) in [6.07, 6.45) is 3.58. The van der Waals surface area contributed by atoms with Crippen molar-refractivity contribution >= 4 is 35.0 Å². The molecule has 1 fully saturated rings. The Labute approximate surface area is 172 Å². The van der Waals surface area contributed by atoms with Crippen molar-refractivity contribution in [3.63, 3.8) is 0 Å². The third-order valence-electron chi connectivity index (χ3n) is 5.04. The van der Waals surface area contributed by atoms with Gasteiger partial charge in [0.15, 0.2) is 0 Å². The fourth-order valence-corrected chi connectivity index (χ4v) is 3.52. The SMILES string of the molecule is NCc1ccc(/C=C2\C=C(CC(=O)ON3C(=O)CCC3=O)c3cc(F)ccc32)cc1. The average Bonchev–Trinajstić information content (AvgIpc) is 3.22. The zero-order chi connectivity index (χ0) is 21.3. The number of hydrogen-bond acceptors (Lipinski definition) is 5. The van der Waals surface area contributed by atoms with Gasteiger partial charge in [-0.15, -0.1) is 5.06 Å². The molecule has 0 spiro atoms. The average molecular weight is 406 g/mol. The number of halogens is 1. The molecule has 2 amide bonds. The number of amides is 2. The van der Waals surface area contributed by atoms with Crippen LogP contribution in [0.5, 0.6) is 0 Å². The van der Waals surface area contributed by atoms with E-state index in [1.54, 1.807) is 12.1 Å². The van der Waals surface area contributed by atoms with Crippen molar-refractivity contribution in [3.8, 4) is 0 Å². The zero-order valence-corrected chi connectivity index (χ0v) is 16.1. The molecule has 4 rings (SSSR count). The Balaban J connectivity index is 1.60. The van der Waals surface area contributed by atoms with Crippen LogP contribution < -0.4 is 5.73 Å². The molecule has 0 unspecified atom stereocenters. The second kappa shape index (κ2) is 8.04. The summed E-state index contributed by atoms with van der Waals surface area (Å²) in [6.45, 7) is 0.452. The highest BCUT2D eigenvalue weighted by molar-refractivity contribution is 6.05. The maximum Gasteiger partial charge on any atom is 0.337 e. The molecule has 6 nitrogen and oxygen atoms in total. The first-order chi connectivity index (χ1) is 14.4. The number of imide groups is 1. The number of hydrogen-bond donors (Lipinski definition) is 1. The maximum atomic E-state index is 13.9.